The Morgan fingerprint density at radius 2 is 2.00 bits per heavy atom. The van der Waals surface area contributed by atoms with Crippen molar-refractivity contribution in [3.05, 3.63) is 28.0 Å². The zero-order valence-corrected chi connectivity index (χ0v) is 8.57. The molecule has 1 heterocycles. The van der Waals surface area contributed by atoms with Gasteiger partial charge >= 0.3 is 0 Å². The predicted octanol–water partition coefficient (Wildman–Crippen LogP) is 0.775. The van der Waals surface area contributed by atoms with E-state index < -0.39 is 18.8 Å². The second-order valence-corrected chi connectivity index (χ2v) is 3.56. The van der Waals surface area contributed by atoms with Crippen molar-refractivity contribution in [2.24, 2.45) is 0 Å². The van der Waals surface area contributed by atoms with E-state index in [4.69, 9.17) is 33.4 Å². The van der Waals surface area contributed by atoms with Gasteiger partial charge in [-0.3, -0.25) is 4.98 Å². The first-order valence-corrected chi connectivity index (χ1v) is 4.59. The summed E-state index contributed by atoms with van der Waals surface area (Å²) in [6.45, 7) is -0.568. The van der Waals surface area contributed by atoms with Crippen LogP contribution in [-0.2, 0) is 0 Å². The van der Waals surface area contributed by atoms with Crippen LogP contribution in [0.1, 0.15) is 11.8 Å². The van der Waals surface area contributed by atoms with E-state index in [-0.39, 0.29) is 10.7 Å². The molecule has 0 aliphatic rings. The molecular formula is C8H9Cl2NO3. The van der Waals surface area contributed by atoms with Gasteiger partial charge in [0.15, 0.2) is 0 Å². The van der Waals surface area contributed by atoms with Crippen molar-refractivity contribution in [1.29, 1.82) is 0 Å². The maximum atomic E-state index is 9.46. The molecule has 0 aromatic carbocycles. The van der Waals surface area contributed by atoms with Gasteiger partial charge in [-0.05, 0) is 6.07 Å². The summed E-state index contributed by atoms with van der Waals surface area (Å²) in [6, 6.07) is 1.40. The molecule has 0 amide bonds. The highest BCUT2D eigenvalue weighted by atomic mass is 35.5. The van der Waals surface area contributed by atoms with Gasteiger partial charge in [-0.2, -0.15) is 0 Å². The standard InChI is InChI=1S/C8H9Cl2NO3/c9-4-1-5(10)7(11-2-4)8(14)6(13)3-12/h1-2,6,8,12-14H,3H2. The smallest absolute Gasteiger partial charge is 0.125 e. The van der Waals surface area contributed by atoms with Crippen molar-refractivity contribution in [2.45, 2.75) is 12.2 Å². The van der Waals surface area contributed by atoms with Gasteiger partial charge in [-0.15, -0.1) is 0 Å². The Hall–Kier alpha value is -0.390. The van der Waals surface area contributed by atoms with Crippen molar-refractivity contribution in [2.75, 3.05) is 6.61 Å². The zero-order valence-electron chi connectivity index (χ0n) is 7.06. The van der Waals surface area contributed by atoms with Crippen molar-refractivity contribution >= 4 is 23.2 Å². The molecule has 1 rings (SSSR count). The predicted molar refractivity (Wildman–Crippen MR) is 52.3 cm³/mol. The maximum absolute atomic E-state index is 9.46. The average molecular weight is 238 g/mol. The third kappa shape index (κ3) is 2.56. The number of aromatic nitrogens is 1. The van der Waals surface area contributed by atoms with Gasteiger partial charge < -0.3 is 15.3 Å². The Kier molecular flexibility index (Phi) is 4.10. The molecule has 1 aromatic heterocycles. The minimum absolute atomic E-state index is 0.0950. The van der Waals surface area contributed by atoms with Gasteiger partial charge in [0.25, 0.3) is 0 Å². The molecule has 1 aromatic rings. The van der Waals surface area contributed by atoms with E-state index >= 15 is 0 Å². The zero-order chi connectivity index (χ0) is 10.7. The molecule has 2 unspecified atom stereocenters. The molecule has 0 saturated heterocycles. The molecule has 2 atom stereocenters. The molecule has 0 fully saturated rings. The highest BCUT2D eigenvalue weighted by Gasteiger charge is 2.21. The molecule has 3 N–H and O–H groups in total. The quantitative estimate of drug-likeness (QED) is 0.727. The summed E-state index contributed by atoms with van der Waals surface area (Å²) in [7, 11) is 0. The van der Waals surface area contributed by atoms with Crippen LogP contribution >= 0.6 is 23.2 Å². The highest BCUT2D eigenvalue weighted by Crippen LogP contribution is 2.25. The third-order valence-corrected chi connectivity index (χ3v) is 2.18. The van der Waals surface area contributed by atoms with Crippen LogP contribution < -0.4 is 0 Å². The van der Waals surface area contributed by atoms with Crippen LogP contribution in [0.3, 0.4) is 0 Å². The Balaban J connectivity index is 2.95. The van der Waals surface area contributed by atoms with Crippen molar-refractivity contribution in [3.63, 3.8) is 0 Å². The van der Waals surface area contributed by atoms with Crippen LogP contribution in [0.15, 0.2) is 12.3 Å². The largest absolute Gasteiger partial charge is 0.394 e. The SMILES string of the molecule is OCC(O)C(O)c1ncc(Cl)cc1Cl. The Morgan fingerprint density at radius 1 is 1.36 bits per heavy atom. The van der Waals surface area contributed by atoms with Gasteiger partial charge in [-0.1, -0.05) is 23.2 Å². The lowest BCUT2D eigenvalue weighted by Gasteiger charge is -2.15. The van der Waals surface area contributed by atoms with Crippen molar-refractivity contribution in [1.82, 2.24) is 4.98 Å². The minimum atomic E-state index is -1.32. The van der Waals surface area contributed by atoms with Gasteiger partial charge in [0.05, 0.1) is 22.3 Å². The second-order valence-electron chi connectivity index (χ2n) is 2.72. The number of aliphatic hydroxyl groups excluding tert-OH is 3. The van der Waals surface area contributed by atoms with E-state index in [1.54, 1.807) is 0 Å². The number of hydrogen-bond acceptors (Lipinski definition) is 4. The minimum Gasteiger partial charge on any atom is -0.394 e. The number of nitrogens with zero attached hydrogens (tertiary/aromatic N) is 1. The molecule has 0 bridgehead atoms. The fraction of sp³-hybridized carbons (Fsp3) is 0.375. The summed E-state index contributed by atoms with van der Waals surface area (Å²) in [5.74, 6) is 0. The monoisotopic (exact) mass is 237 g/mol. The van der Waals surface area contributed by atoms with Crippen LogP contribution in [0.5, 0.6) is 0 Å². The molecule has 14 heavy (non-hydrogen) atoms. The molecule has 0 aliphatic heterocycles. The molecular weight excluding hydrogens is 229 g/mol. The van der Waals surface area contributed by atoms with Gasteiger partial charge in [0, 0.05) is 6.20 Å². The van der Waals surface area contributed by atoms with Crippen LogP contribution in [-0.4, -0.2) is 33.0 Å². The topological polar surface area (TPSA) is 73.6 Å². The highest BCUT2D eigenvalue weighted by molar-refractivity contribution is 6.34. The van der Waals surface area contributed by atoms with Crippen molar-refractivity contribution < 1.29 is 15.3 Å². The normalized spacial score (nSPS) is 15.2. The second kappa shape index (κ2) is 4.91. The Bertz CT molecular complexity index is 321. The molecule has 0 aliphatic carbocycles. The van der Waals surface area contributed by atoms with E-state index in [1.807, 2.05) is 0 Å². The number of pyridine rings is 1. The van der Waals surface area contributed by atoms with E-state index in [1.165, 1.54) is 12.3 Å². The molecule has 0 radical (unpaired) electrons. The Labute approximate surface area is 90.7 Å². The van der Waals surface area contributed by atoms with E-state index in [2.05, 4.69) is 4.98 Å². The van der Waals surface area contributed by atoms with Gasteiger partial charge in [0.2, 0.25) is 0 Å². The van der Waals surface area contributed by atoms with Crippen LogP contribution in [0.2, 0.25) is 10.0 Å². The van der Waals surface area contributed by atoms with Crippen LogP contribution in [0.4, 0.5) is 0 Å². The van der Waals surface area contributed by atoms with Gasteiger partial charge in [-0.25, -0.2) is 0 Å². The lowest BCUT2D eigenvalue weighted by molar-refractivity contribution is -0.0172. The maximum Gasteiger partial charge on any atom is 0.125 e. The van der Waals surface area contributed by atoms with Crippen LogP contribution in [0, 0.1) is 0 Å². The fourth-order valence-electron chi connectivity index (χ4n) is 0.925. The Morgan fingerprint density at radius 3 is 2.50 bits per heavy atom. The molecule has 0 saturated carbocycles. The first kappa shape index (κ1) is 11.7. The summed E-state index contributed by atoms with van der Waals surface area (Å²) >= 11 is 11.3. The average Bonchev–Trinajstić information content (AvgIpc) is 2.15. The lowest BCUT2D eigenvalue weighted by atomic mass is 10.1. The molecule has 78 valence electrons. The first-order chi connectivity index (χ1) is 6.56. The molecule has 6 heteroatoms. The first-order valence-electron chi connectivity index (χ1n) is 3.84. The van der Waals surface area contributed by atoms with Crippen molar-refractivity contribution in [3.8, 4) is 0 Å². The lowest BCUT2D eigenvalue weighted by Crippen LogP contribution is -2.23. The number of rotatable bonds is 3. The van der Waals surface area contributed by atoms with E-state index in [0.717, 1.165) is 0 Å². The summed E-state index contributed by atoms with van der Waals surface area (Å²) in [4.78, 5) is 3.76. The van der Waals surface area contributed by atoms with E-state index in [9.17, 15) is 5.11 Å². The molecule has 4 nitrogen and oxygen atoms in total. The number of hydrogen-bond donors (Lipinski definition) is 3. The summed E-state index contributed by atoms with van der Waals surface area (Å²) in [6.07, 6.45) is -1.32. The van der Waals surface area contributed by atoms with Crippen LogP contribution in [0.25, 0.3) is 0 Å². The number of halogens is 2. The fourth-order valence-corrected chi connectivity index (χ4v) is 1.42. The summed E-state index contributed by atoms with van der Waals surface area (Å²) in [5, 5.41) is 27.7. The summed E-state index contributed by atoms with van der Waals surface area (Å²) < 4.78 is 0. The van der Waals surface area contributed by atoms with Gasteiger partial charge in [0.1, 0.15) is 12.2 Å². The molecule has 0 spiro atoms. The number of aliphatic hydroxyl groups is 3. The third-order valence-electron chi connectivity index (χ3n) is 1.67. The van der Waals surface area contributed by atoms with E-state index in [0.29, 0.717) is 5.02 Å². The summed E-state index contributed by atoms with van der Waals surface area (Å²) in [5.41, 5.74) is 0.0950.